The van der Waals surface area contributed by atoms with Gasteiger partial charge in [0.05, 0.1) is 18.7 Å². The molecular weight excluding hydrogens is 318 g/mol. The number of carbonyl (C=O) groups excluding carboxylic acids is 1. The fourth-order valence-electron chi connectivity index (χ4n) is 4.89. The Morgan fingerprint density at radius 3 is 2.84 bits per heavy atom. The topological polar surface area (TPSA) is 54.9 Å². The first kappa shape index (κ1) is 16.8. The summed E-state index contributed by atoms with van der Waals surface area (Å²) in [4.78, 5) is 21.8. The molecule has 1 aromatic rings. The summed E-state index contributed by atoms with van der Waals surface area (Å²) in [6.45, 7) is 2.76. The minimum atomic E-state index is 0.188. The highest BCUT2D eigenvalue weighted by atomic mass is 16.5. The molecule has 0 N–H and O–H groups in total. The van der Waals surface area contributed by atoms with Crippen LogP contribution in [0.5, 0.6) is 0 Å². The largest absolute Gasteiger partial charge is 0.383 e. The van der Waals surface area contributed by atoms with Gasteiger partial charge in [-0.25, -0.2) is 4.79 Å². The van der Waals surface area contributed by atoms with Crippen LogP contribution >= 0.6 is 0 Å². The van der Waals surface area contributed by atoms with Crippen molar-refractivity contribution < 1.29 is 14.3 Å². The molecule has 3 atom stereocenters. The first-order valence-corrected chi connectivity index (χ1v) is 9.37. The van der Waals surface area contributed by atoms with Crippen LogP contribution < -0.4 is 0 Å². The van der Waals surface area contributed by atoms with Crippen LogP contribution in [0.15, 0.2) is 24.5 Å². The molecule has 6 nitrogen and oxygen atoms in total. The number of amides is 2. The second kappa shape index (κ2) is 7.30. The molecule has 3 fully saturated rings. The number of hydrogen-bond donors (Lipinski definition) is 0. The number of ether oxygens (including phenoxy) is 2. The fraction of sp³-hybridized carbons (Fsp3) is 0.684. The van der Waals surface area contributed by atoms with Gasteiger partial charge in [0.2, 0.25) is 0 Å². The molecule has 0 bridgehead atoms. The van der Waals surface area contributed by atoms with Gasteiger partial charge in [0.1, 0.15) is 0 Å². The fourth-order valence-corrected chi connectivity index (χ4v) is 4.89. The van der Waals surface area contributed by atoms with Gasteiger partial charge in [-0.1, -0.05) is 6.07 Å². The number of pyridine rings is 1. The highest BCUT2D eigenvalue weighted by molar-refractivity contribution is 5.79. The van der Waals surface area contributed by atoms with E-state index in [4.69, 9.17) is 9.47 Å². The van der Waals surface area contributed by atoms with Crippen LogP contribution in [-0.2, 0) is 9.47 Å². The van der Waals surface area contributed by atoms with E-state index in [0.29, 0.717) is 31.2 Å². The molecule has 1 aliphatic carbocycles. The molecule has 2 saturated heterocycles. The molecule has 0 radical (unpaired) electrons. The van der Waals surface area contributed by atoms with Crippen LogP contribution in [0, 0.1) is 0 Å². The van der Waals surface area contributed by atoms with Crippen LogP contribution in [0.4, 0.5) is 4.79 Å². The normalized spacial score (nSPS) is 30.1. The summed E-state index contributed by atoms with van der Waals surface area (Å²) in [5, 5.41) is 0. The van der Waals surface area contributed by atoms with Gasteiger partial charge >= 0.3 is 6.03 Å². The summed E-state index contributed by atoms with van der Waals surface area (Å²) in [7, 11) is 1.70. The molecule has 0 spiro atoms. The third kappa shape index (κ3) is 3.02. The number of fused-ring (bicyclic) bond motifs is 1. The lowest BCUT2D eigenvalue weighted by atomic mass is 9.94. The van der Waals surface area contributed by atoms with E-state index in [2.05, 4.69) is 20.9 Å². The second-order valence-corrected chi connectivity index (χ2v) is 7.25. The molecule has 0 aromatic carbocycles. The first-order valence-electron chi connectivity index (χ1n) is 9.37. The lowest BCUT2D eigenvalue weighted by molar-refractivity contribution is 0.0408. The lowest BCUT2D eigenvalue weighted by Crippen LogP contribution is -2.45. The van der Waals surface area contributed by atoms with Gasteiger partial charge in [0.25, 0.3) is 0 Å². The number of methoxy groups -OCH3 is 1. The Bertz CT molecular complexity index is 591. The average molecular weight is 345 g/mol. The number of carbonyl (C=O) groups is 1. The van der Waals surface area contributed by atoms with Gasteiger partial charge in [0, 0.05) is 51.2 Å². The van der Waals surface area contributed by atoms with Gasteiger partial charge in [-0.3, -0.25) is 4.98 Å². The molecule has 1 saturated carbocycles. The maximum absolute atomic E-state index is 13.2. The van der Waals surface area contributed by atoms with Crippen molar-refractivity contribution in [2.75, 3.05) is 33.5 Å². The van der Waals surface area contributed by atoms with Gasteiger partial charge in [-0.05, 0) is 37.3 Å². The van der Waals surface area contributed by atoms with Gasteiger partial charge < -0.3 is 19.3 Å². The molecular formula is C19H27N3O3. The smallest absolute Gasteiger partial charge is 0.321 e. The molecule has 0 unspecified atom stereocenters. The average Bonchev–Trinajstić information content (AvgIpc) is 3.19. The van der Waals surface area contributed by atoms with Crippen molar-refractivity contribution >= 4 is 6.03 Å². The Morgan fingerprint density at radius 2 is 2.12 bits per heavy atom. The predicted molar refractivity (Wildman–Crippen MR) is 93.4 cm³/mol. The van der Waals surface area contributed by atoms with Crippen molar-refractivity contribution in [3.05, 3.63) is 30.1 Å². The number of hydrogen-bond acceptors (Lipinski definition) is 4. The molecule has 4 rings (SSSR count). The Balaban J connectivity index is 1.62. The second-order valence-electron chi connectivity index (χ2n) is 7.25. The number of aromatic nitrogens is 1. The van der Waals surface area contributed by atoms with Crippen molar-refractivity contribution in [1.82, 2.24) is 14.8 Å². The summed E-state index contributed by atoms with van der Waals surface area (Å²) >= 11 is 0. The Morgan fingerprint density at radius 1 is 1.28 bits per heavy atom. The van der Waals surface area contributed by atoms with E-state index in [0.717, 1.165) is 38.9 Å². The standard InChI is InChI=1S/C19H27N3O3/c1-24-12-9-21-18-16(14-3-2-8-20-13-14)4-5-17(18)22(19(21)23)15-6-10-25-11-7-15/h2-3,8,13,15-18H,4-7,9-12H2,1H3/t16-,17-,18+/m0/s1. The molecule has 3 heterocycles. The summed E-state index contributed by atoms with van der Waals surface area (Å²) in [6, 6.07) is 5.18. The van der Waals surface area contributed by atoms with Gasteiger partial charge in [-0.15, -0.1) is 0 Å². The number of nitrogens with zero attached hydrogens (tertiary/aromatic N) is 3. The van der Waals surface area contributed by atoms with Crippen LogP contribution in [0.3, 0.4) is 0 Å². The van der Waals surface area contributed by atoms with Crippen LogP contribution in [0.1, 0.15) is 37.2 Å². The van der Waals surface area contributed by atoms with Crippen molar-refractivity contribution in [1.29, 1.82) is 0 Å². The predicted octanol–water partition coefficient (Wildman–Crippen LogP) is 2.26. The zero-order valence-corrected chi connectivity index (χ0v) is 14.8. The van der Waals surface area contributed by atoms with E-state index < -0.39 is 0 Å². The van der Waals surface area contributed by atoms with Crippen molar-refractivity contribution in [3.8, 4) is 0 Å². The van der Waals surface area contributed by atoms with E-state index >= 15 is 0 Å². The zero-order valence-electron chi connectivity index (χ0n) is 14.8. The first-order chi connectivity index (χ1) is 12.3. The highest BCUT2D eigenvalue weighted by Crippen LogP contribution is 2.45. The molecule has 25 heavy (non-hydrogen) atoms. The van der Waals surface area contributed by atoms with Crippen molar-refractivity contribution in [2.24, 2.45) is 0 Å². The summed E-state index contributed by atoms with van der Waals surface area (Å²) in [6.07, 6.45) is 7.85. The van der Waals surface area contributed by atoms with E-state index in [1.807, 2.05) is 18.5 Å². The molecule has 3 aliphatic rings. The van der Waals surface area contributed by atoms with E-state index in [1.54, 1.807) is 7.11 Å². The molecule has 1 aromatic heterocycles. The van der Waals surface area contributed by atoms with Crippen LogP contribution in [-0.4, -0.2) is 72.4 Å². The van der Waals surface area contributed by atoms with Crippen LogP contribution in [0.2, 0.25) is 0 Å². The van der Waals surface area contributed by atoms with Gasteiger partial charge in [-0.2, -0.15) is 0 Å². The summed E-state index contributed by atoms with van der Waals surface area (Å²) in [5.41, 5.74) is 1.25. The molecule has 136 valence electrons. The Kier molecular flexibility index (Phi) is 4.90. The third-order valence-corrected chi connectivity index (χ3v) is 6.00. The number of urea groups is 1. The lowest BCUT2D eigenvalue weighted by Gasteiger charge is -2.34. The maximum Gasteiger partial charge on any atom is 0.321 e. The van der Waals surface area contributed by atoms with Gasteiger partial charge in [0.15, 0.2) is 0 Å². The van der Waals surface area contributed by atoms with E-state index in [9.17, 15) is 4.79 Å². The Labute approximate surface area is 149 Å². The quantitative estimate of drug-likeness (QED) is 0.821. The van der Waals surface area contributed by atoms with Crippen molar-refractivity contribution in [3.63, 3.8) is 0 Å². The highest BCUT2D eigenvalue weighted by Gasteiger charge is 2.54. The molecule has 6 heteroatoms. The minimum Gasteiger partial charge on any atom is -0.383 e. The number of rotatable bonds is 5. The Hall–Kier alpha value is -1.66. The maximum atomic E-state index is 13.2. The van der Waals surface area contributed by atoms with Crippen molar-refractivity contribution in [2.45, 2.75) is 49.7 Å². The monoisotopic (exact) mass is 345 g/mol. The SMILES string of the molecule is COCCN1C(=O)N(C2CCOCC2)[C@H]2CC[C@@H](c3cccnc3)[C@H]21. The summed E-state index contributed by atoms with van der Waals surface area (Å²) < 4.78 is 10.8. The molecule has 2 amide bonds. The van der Waals surface area contributed by atoms with Crippen LogP contribution in [0.25, 0.3) is 0 Å². The zero-order chi connectivity index (χ0) is 17.2. The van der Waals surface area contributed by atoms with E-state index in [1.165, 1.54) is 5.56 Å². The molecule has 2 aliphatic heterocycles. The minimum absolute atomic E-state index is 0.188. The van der Waals surface area contributed by atoms with E-state index in [-0.39, 0.29) is 12.1 Å². The third-order valence-electron chi connectivity index (χ3n) is 6.00. The summed E-state index contributed by atoms with van der Waals surface area (Å²) in [5.74, 6) is 0.365.